The summed E-state index contributed by atoms with van der Waals surface area (Å²) < 4.78 is 33.2. The quantitative estimate of drug-likeness (QED) is 0.0828. The number of fused-ring (bicyclic) bond motifs is 1. The molecule has 250 valence electrons. The van der Waals surface area contributed by atoms with E-state index in [9.17, 15) is 19.3 Å². The third-order valence-electron chi connectivity index (χ3n) is 7.05. The Morgan fingerprint density at radius 3 is 1.95 bits per heavy atom. The number of aliphatic hydroxyl groups excluding tert-OH is 1. The van der Waals surface area contributed by atoms with Gasteiger partial charge in [0.15, 0.2) is 11.5 Å². The number of carbonyl (C=O) groups excluding carboxylic acids is 2. The summed E-state index contributed by atoms with van der Waals surface area (Å²) in [5.41, 5.74) is 6.76. The van der Waals surface area contributed by atoms with Gasteiger partial charge in [0.1, 0.15) is 30.3 Å². The molecule has 0 amide bonds. The minimum Gasteiger partial charge on any atom is -0.465 e. The number of aliphatic hydroxyl groups is 1. The van der Waals surface area contributed by atoms with Gasteiger partial charge >= 0.3 is 11.9 Å². The van der Waals surface area contributed by atoms with Crippen molar-refractivity contribution in [3.8, 4) is 0 Å². The van der Waals surface area contributed by atoms with Crippen molar-refractivity contribution in [1.29, 1.82) is 0 Å². The van der Waals surface area contributed by atoms with Gasteiger partial charge in [-0.3, -0.25) is 14.2 Å². The molecular weight excluding hydrogens is 589 g/mol. The molecule has 0 saturated heterocycles. The molecule has 0 aliphatic rings. The number of nitrogens with two attached hydrogens (primary N) is 1. The number of hydrogen-bond acceptors (Lipinski definition) is 11. The second kappa shape index (κ2) is 19.0. The van der Waals surface area contributed by atoms with E-state index < -0.39 is 50.5 Å². The highest BCUT2D eigenvalue weighted by Gasteiger charge is 2.38. The largest absolute Gasteiger partial charge is 0.465 e. The molecule has 0 aliphatic carbocycles. The lowest BCUT2D eigenvalue weighted by molar-refractivity contribution is -0.147. The number of nitrogens with zero attached hydrogens (tertiary/aromatic N) is 4. The van der Waals surface area contributed by atoms with Crippen LogP contribution in [0.5, 0.6) is 0 Å². The van der Waals surface area contributed by atoms with E-state index in [2.05, 4.69) is 39.0 Å². The highest BCUT2D eigenvalue weighted by Crippen LogP contribution is 2.40. The number of anilines is 1. The summed E-state index contributed by atoms with van der Waals surface area (Å²) in [6.07, 6.45) is 6.79. The van der Waals surface area contributed by atoms with Crippen LogP contribution in [0.2, 0.25) is 0 Å². The normalized spacial score (nSPS) is 14.2. The maximum Gasteiger partial charge on any atom is 0.323 e. The first-order valence-corrected chi connectivity index (χ1v) is 17.5. The molecule has 5 N–H and O–H groups in total. The van der Waals surface area contributed by atoms with E-state index in [1.165, 1.54) is 12.7 Å². The van der Waals surface area contributed by atoms with Gasteiger partial charge in [0.2, 0.25) is 7.44 Å². The van der Waals surface area contributed by atoms with Crippen molar-refractivity contribution in [1.82, 2.24) is 29.7 Å². The highest BCUT2D eigenvalue weighted by molar-refractivity contribution is 7.59. The molecule has 15 heteroatoms. The fourth-order valence-corrected chi connectivity index (χ4v) is 6.71. The Morgan fingerprint density at radius 1 is 0.932 bits per heavy atom. The van der Waals surface area contributed by atoms with Crippen molar-refractivity contribution in [2.24, 2.45) is 11.8 Å². The van der Waals surface area contributed by atoms with Crippen LogP contribution in [-0.2, 0) is 34.9 Å². The number of unbranched alkanes of at least 4 members (excludes halogenated alkanes) is 4. The number of carbonyl (C=O) groups is 2. The Morgan fingerprint density at radius 2 is 1.48 bits per heavy atom. The Bertz CT molecular complexity index is 1170. The molecule has 0 saturated carbocycles. The van der Waals surface area contributed by atoms with Crippen LogP contribution >= 0.6 is 7.44 Å². The molecule has 0 spiro atoms. The smallest absolute Gasteiger partial charge is 0.323 e. The van der Waals surface area contributed by atoms with E-state index in [1.807, 2.05) is 27.7 Å². The summed E-state index contributed by atoms with van der Waals surface area (Å²) in [5.74, 6) is -1.45. The molecule has 0 aromatic carbocycles. The van der Waals surface area contributed by atoms with Crippen LogP contribution in [0.3, 0.4) is 0 Å². The molecule has 0 fully saturated rings. The van der Waals surface area contributed by atoms with Crippen molar-refractivity contribution in [3.63, 3.8) is 0 Å². The van der Waals surface area contributed by atoms with Crippen LogP contribution in [0.25, 0.3) is 11.2 Å². The zero-order valence-corrected chi connectivity index (χ0v) is 27.9. The van der Waals surface area contributed by atoms with Gasteiger partial charge in [0.05, 0.1) is 38.8 Å². The lowest BCUT2D eigenvalue weighted by atomic mass is 10.1. The molecule has 14 nitrogen and oxygen atoms in total. The summed E-state index contributed by atoms with van der Waals surface area (Å²) >= 11 is 0. The maximum atomic E-state index is 14.6. The van der Waals surface area contributed by atoms with Gasteiger partial charge in [0, 0.05) is 0 Å². The lowest BCUT2D eigenvalue weighted by Crippen LogP contribution is -2.48. The molecular formula is C29H52N7O7P. The van der Waals surface area contributed by atoms with Gasteiger partial charge in [0.25, 0.3) is 0 Å². The average Bonchev–Trinajstić information content (AvgIpc) is 3.40. The maximum absolute atomic E-state index is 14.6. The van der Waals surface area contributed by atoms with Crippen LogP contribution in [-0.4, -0.2) is 80.9 Å². The Kier molecular flexibility index (Phi) is 16.2. The molecule has 0 aliphatic heterocycles. The summed E-state index contributed by atoms with van der Waals surface area (Å²) in [4.78, 5) is 38.6. The van der Waals surface area contributed by atoms with E-state index in [0.717, 1.165) is 38.5 Å². The van der Waals surface area contributed by atoms with E-state index >= 15 is 0 Å². The van der Waals surface area contributed by atoms with E-state index in [1.54, 1.807) is 4.57 Å². The number of rotatable bonds is 22. The number of esters is 2. The third-order valence-corrected chi connectivity index (χ3v) is 8.95. The second-order valence-corrected chi connectivity index (χ2v) is 13.9. The molecule has 2 heterocycles. The minimum atomic E-state index is -3.86. The number of nitrogens with one attached hydrogen (secondary N) is 2. The van der Waals surface area contributed by atoms with Gasteiger partial charge < -0.3 is 29.6 Å². The lowest BCUT2D eigenvalue weighted by Gasteiger charge is -2.32. The van der Waals surface area contributed by atoms with Crippen LogP contribution in [0.1, 0.15) is 80.1 Å². The van der Waals surface area contributed by atoms with Crippen molar-refractivity contribution < 1.29 is 33.5 Å². The zero-order valence-electron chi connectivity index (χ0n) is 27.0. The number of aromatic nitrogens is 4. The number of imidazole rings is 1. The highest BCUT2D eigenvalue weighted by atomic mass is 31.2. The Hall–Kier alpha value is -2.64. The molecule has 44 heavy (non-hydrogen) atoms. The van der Waals surface area contributed by atoms with Crippen molar-refractivity contribution in [3.05, 3.63) is 12.7 Å². The first-order chi connectivity index (χ1) is 21.0. The van der Waals surface area contributed by atoms with Gasteiger partial charge in [-0.25, -0.2) is 25.1 Å². The van der Waals surface area contributed by atoms with Crippen LogP contribution in [0.15, 0.2) is 12.7 Å². The zero-order chi connectivity index (χ0) is 32.7. The summed E-state index contributed by atoms with van der Waals surface area (Å²) in [6, 6.07) is -1.89. The standard InChI is InChI=1S/C29H52N7O7P/c1-7-9-11-13-41-28(38)23(20(3)4)34-44(40,35-24(21(5)6)29(39)42-14-12-10-8-2)19-43-22(16-37)15-36-18-33-25-26(30)31-17-32-27(25)36/h17-18,20-24,37H,7-16,19H2,1-6H3,(H2,30,31,32)(H2,34,35,40)/t22-,23-,24-/m0/s1. The van der Waals surface area contributed by atoms with Crippen LogP contribution in [0.4, 0.5) is 5.82 Å². The van der Waals surface area contributed by atoms with E-state index in [-0.39, 0.29) is 37.4 Å². The number of ether oxygens (including phenoxy) is 3. The topological polar surface area (TPSA) is 193 Å². The predicted molar refractivity (Wildman–Crippen MR) is 169 cm³/mol. The fraction of sp³-hybridized carbons (Fsp3) is 0.759. The summed E-state index contributed by atoms with van der Waals surface area (Å²) in [5, 5.41) is 16.1. The molecule has 2 aromatic rings. The Labute approximate surface area is 260 Å². The molecule has 2 aromatic heterocycles. The first kappa shape index (κ1) is 37.5. The Balaban J connectivity index is 2.29. The summed E-state index contributed by atoms with van der Waals surface area (Å²) in [6.45, 7) is 11.6. The minimum absolute atomic E-state index is 0.115. The third kappa shape index (κ3) is 11.7. The number of hydrogen-bond donors (Lipinski definition) is 4. The van der Waals surface area contributed by atoms with Crippen molar-refractivity contribution >= 4 is 36.4 Å². The predicted octanol–water partition coefficient (Wildman–Crippen LogP) is 3.63. The van der Waals surface area contributed by atoms with Crippen LogP contribution < -0.4 is 15.9 Å². The van der Waals surface area contributed by atoms with Crippen molar-refractivity contribution in [2.45, 2.75) is 105 Å². The fourth-order valence-electron chi connectivity index (χ4n) is 4.36. The molecule has 2 rings (SSSR count). The SMILES string of the molecule is CCCCCOC(=O)[C@@H](NP(=O)(CO[C@H](CO)Cn1cnc2c(N)ncnc21)N[C@H](C(=O)OCCCCC)C(C)C)C(C)C. The average molecular weight is 642 g/mol. The molecule has 0 unspecified atom stereocenters. The monoisotopic (exact) mass is 641 g/mol. The van der Waals surface area contributed by atoms with Gasteiger partial charge in [-0.1, -0.05) is 67.2 Å². The van der Waals surface area contributed by atoms with Gasteiger partial charge in [-0.15, -0.1) is 0 Å². The number of nitrogen functional groups attached to an aromatic ring is 1. The van der Waals surface area contributed by atoms with Crippen molar-refractivity contribution in [2.75, 3.05) is 31.9 Å². The second-order valence-electron chi connectivity index (χ2n) is 11.6. The van der Waals surface area contributed by atoms with E-state index in [4.69, 9.17) is 19.9 Å². The molecule has 0 bridgehead atoms. The van der Waals surface area contributed by atoms with Gasteiger partial charge in [-0.05, 0) is 24.7 Å². The van der Waals surface area contributed by atoms with E-state index in [0.29, 0.717) is 11.2 Å². The first-order valence-electron chi connectivity index (χ1n) is 15.6. The van der Waals surface area contributed by atoms with Gasteiger partial charge in [-0.2, -0.15) is 0 Å². The molecule has 3 atom stereocenters. The molecule has 0 radical (unpaired) electrons. The van der Waals surface area contributed by atoms with Crippen LogP contribution in [0, 0.1) is 11.8 Å². The summed E-state index contributed by atoms with van der Waals surface area (Å²) in [7, 11) is -3.86.